The van der Waals surface area contributed by atoms with E-state index in [1.54, 1.807) is 36.4 Å². The van der Waals surface area contributed by atoms with Gasteiger partial charge in [0.05, 0.1) is 16.1 Å². The molecule has 8 heteroatoms. The summed E-state index contributed by atoms with van der Waals surface area (Å²) >= 11 is 0. The van der Waals surface area contributed by atoms with Gasteiger partial charge in [0, 0.05) is 13.1 Å². The van der Waals surface area contributed by atoms with E-state index in [2.05, 4.69) is 57.6 Å². The Balaban J connectivity index is 0.00000480. The Morgan fingerprint density at radius 3 is 1.94 bits per heavy atom. The van der Waals surface area contributed by atoms with Crippen LogP contribution in [0.3, 0.4) is 0 Å². The molecule has 172 valence electrons. The Morgan fingerprint density at radius 2 is 1.45 bits per heavy atom. The monoisotopic (exact) mass is 467 g/mol. The molecule has 0 spiro atoms. The molecule has 0 aliphatic rings. The number of hydrogen-bond acceptors (Lipinski definition) is 4. The van der Waals surface area contributed by atoms with Gasteiger partial charge in [-0.3, -0.25) is 9.52 Å². The largest absolute Gasteiger partial charge is 0.351 e. The van der Waals surface area contributed by atoms with Crippen LogP contribution in [0.2, 0.25) is 0 Å². The van der Waals surface area contributed by atoms with E-state index in [4.69, 9.17) is 5.73 Å². The average Bonchev–Trinajstić information content (AvgIpc) is 2.64. The van der Waals surface area contributed by atoms with Gasteiger partial charge in [0.15, 0.2) is 0 Å². The first-order chi connectivity index (χ1) is 13.8. The third-order valence-corrected chi connectivity index (χ3v) is 6.14. The molecule has 0 heterocycles. The quantitative estimate of drug-likeness (QED) is 0.592. The van der Waals surface area contributed by atoms with Crippen molar-refractivity contribution in [2.75, 3.05) is 17.8 Å². The van der Waals surface area contributed by atoms with Crippen LogP contribution in [0.5, 0.6) is 0 Å². The van der Waals surface area contributed by atoms with Crippen molar-refractivity contribution in [1.82, 2.24) is 5.32 Å². The highest BCUT2D eigenvalue weighted by atomic mass is 35.5. The predicted octanol–water partition coefficient (Wildman–Crippen LogP) is 4.19. The zero-order valence-corrected chi connectivity index (χ0v) is 20.7. The maximum atomic E-state index is 13.3. The molecule has 2 aromatic carbocycles. The lowest BCUT2D eigenvalue weighted by atomic mass is 9.81. The summed E-state index contributed by atoms with van der Waals surface area (Å²) in [6, 6.07) is 12.0. The van der Waals surface area contributed by atoms with Crippen LogP contribution in [-0.2, 0) is 20.9 Å². The van der Waals surface area contributed by atoms with E-state index < -0.39 is 10.0 Å². The van der Waals surface area contributed by atoms with Crippen molar-refractivity contribution < 1.29 is 13.2 Å². The Hall–Kier alpha value is -2.09. The number of nitrogens with two attached hydrogens (primary N) is 1. The summed E-state index contributed by atoms with van der Waals surface area (Å²) in [5.74, 6) is -0.377. The van der Waals surface area contributed by atoms with E-state index in [9.17, 15) is 13.2 Å². The van der Waals surface area contributed by atoms with Crippen LogP contribution in [0.25, 0.3) is 0 Å². The molecular weight excluding hydrogens is 434 g/mol. The normalized spacial score (nSPS) is 12.1. The lowest BCUT2D eigenvalue weighted by Gasteiger charge is -2.26. The second-order valence-corrected chi connectivity index (χ2v) is 11.1. The molecule has 0 atom stereocenters. The number of halogens is 1. The van der Waals surface area contributed by atoms with Crippen molar-refractivity contribution in [3.8, 4) is 0 Å². The summed E-state index contributed by atoms with van der Waals surface area (Å²) < 4.78 is 29.2. The van der Waals surface area contributed by atoms with Gasteiger partial charge in [0.2, 0.25) is 0 Å². The van der Waals surface area contributed by atoms with Gasteiger partial charge in [-0.15, -0.1) is 12.4 Å². The van der Waals surface area contributed by atoms with Gasteiger partial charge < -0.3 is 11.1 Å². The fraction of sp³-hybridized carbons (Fsp3) is 0.435. The standard InChI is InChI=1S/C23H33N3O3S.ClH/c1-22(2,3)16-13-17(23(4,5)6)15-18(14-16)30(28,29)26-20-10-8-7-9-19(20)21(27)25-12-11-24;/h7-10,13-15,26H,11-12,24H2,1-6H3,(H,25,27);1H. The van der Waals surface area contributed by atoms with Crippen LogP contribution in [0.15, 0.2) is 47.4 Å². The molecule has 4 N–H and O–H groups in total. The topological polar surface area (TPSA) is 101 Å². The number of para-hydroxylation sites is 1. The number of carbonyl (C=O) groups is 1. The second kappa shape index (κ2) is 10.0. The van der Waals surface area contributed by atoms with Crippen LogP contribution in [0.1, 0.15) is 63.0 Å². The second-order valence-electron chi connectivity index (χ2n) is 9.44. The van der Waals surface area contributed by atoms with Gasteiger partial charge >= 0.3 is 0 Å². The number of sulfonamides is 1. The number of carbonyl (C=O) groups excluding carboxylic acids is 1. The molecule has 2 aromatic rings. The first kappa shape index (κ1) is 26.9. The Labute approximate surface area is 192 Å². The summed E-state index contributed by atoms with van der Waals surface area (Å²) in [6.45, 7) is 12.9. The number of nitrogens with one attached hydrogen (secondary N) is 2. The summed E-state index contributed by atoms with van der Waals surface area (Å²) in [6.07, 6.45) is 0. The number of anilines is 1. The summed E-state index contributed by atoms with van der Waals surface area (Å²) in [7, 11) is -3.91. The number of hydrogen-bond donors (Lipinski definition) is 3. The molecule has 0 aromatic heterocycles. The minimum absolute atomic E-state index is 0. The molecule has 0 aliphatic heterocycles. The Kier molecular flexibility index (Phi) is 8.71. The van der Waals surface area contributed by atoms with Gasteiger partial charge in [-0.1, -0.05) is 59.7 Å². The van der Waals surface area contributed by atoms with E-state index in [0.29, 0.717) is 13.1 Å². The van der Waals surface area contributed by atoms with Gasteiger partial charge in [-0.2, -0.15) is 0 Å². The molecular formula is C23H34ClN3O3S. The third-order valence-electron chi connectivity index (χ3n) is 4.79. The third kappa shape index (κ3) is 6.95. The zero-order chi connectivity index (χ0) is 22.7. The van der Waals surface area contributed by atoms with E-state index in [1.807, 2.05) is 0 Å². The highest BCUT2D eigenvalue weighted by Gasteiger charge is 2.25. The van der Waals surface area contributed by atoms with Crippen molar-refractivity contribution in [2.45, 2.75) is 57.3 Å². The molecule has 0 fully saturated rings. The number of rotatable bonds is 6. The summed E-state index contributed by atoms with van der Waals surface area (Å²) in [5.41, 5.74) is 7.35. The molecule has 0 unspecified atom stereocenters. The molecule has 31 heavy (non-hydrogen) atoms. The lowest BCUT2D eigenvalue weighted by Crippen LogP contribution is -2.30. The minimum atomic E-state index is -3.91. The number of benzene rings is 2. The molecule has 1 amide bonds. The van der Waals surface area contributed by atoms with Crippen molar-refractivity contribution in [3.63, 3.8) is 0 Å². The Bertz CT molecular complexity index is 991. The fourth-order valence-electron chi connectivity index (χ4n) is 2.87. The molecule has 2 rings (SSSR count). The average molecular weight is 468 g/mol. The molecule has 0 bridgehead atoms. The highest BCUT2D eigenvalue weighted by Crippen LogP contribution is 2.32. The smallest absolute Gasteiger partial charge is 0.261 e. The first-order valence-electron chi connectivity index (χ1n) is 10.0. The summed E-state index contributed by atoms with van der Waals surface area (Å²) in [4.78, 5) is 12.6. The van der Waals surface area contributed by atoms with Crippen molar-refractivity contribution in [3.05, 3.63) is 59.2 Å². The van der Waals surface area contributed by atoms with Gasteiger partial charge in [0.1, 0.15) is 0 Å². The molecule has 0 saturated carbocycles. The molecule has 0 saturated heterocycles. The van der Waals surface area contributed by atoms with Gasteiger partial charge in [-0.25, -0.2) is 8.42 Å². The molecule has 6 nitrogen and oxygen atoms in total. The van der Waals surface area contributed by atoms with Crippen LogP contribution < -0.4 is 15.8 Å². The minimum Gasteiger partial charge on any atom is -0.351 e. The lowest BCUT2D eigenvalue weighted by molar-refractivity contribution is 0.0955. The highest BCUT2D eigenvalue weighted by molar-refractivity contribution is 7.92. The Morgan fingerprint density at radius 1 is 0.935 bits per heavy atom. The molecule has 0 radical (unpaired) electrons. The molecule has 0 aliphatic carbocycles. The SMILES string of the molecule is CC(C)(C)c1cc(C(C)(C)C)cc(S(=O)(=O)Nc2ccccc2C(=O)NCCN)c1.Cl. The van der Waals surface area contributed by atoms with Crippen LogP contribution in [0, 0.1) is 0 Å². The van der Waals surface area contributed by atoms with E-state index in [0.717, 1.165) is 11.1 Å². The van der Waals surface area contributed by atoms with Crippen molar-refractivity contribution in [2.24, 2.45) is 5.73 Å². The van der Waals surface area contributed by atoms with Crippen LogP contribution >= 0.6 is 12.4 Å². The van der Waals surface area contributed by atoms with Crippen LogP contribution in [-0.4, -0.2) is 27.4 Å². The van der Waals surface area contributed by atoms with Gasteiger partial charge in [-0.05, 0) is 46.2 Å². The van der Waals surface area contributed by atoms with E-state index in [1.165, 1.54) is 0 Å². The van der Waals surface area contributed by atoms with E-state index in [-0.39, 0.29) is 45.3 Å². The maximum absolute atomic E-state index is 13.3. The first-order valence-corrected chi connectivity index (χ1v) is 11.5. The number of amides is 1. The zero-order valence-electron chi connectivity index (χ0n) is 19.1. The summed E-state index contributed by atoms with van der Waals surface area (Å²) in [5, 5.41) is 2.67. The maximum Gasteiger partial charge on any atom is 0.261 e. The predicted molar refractivity (Wildman–Crippen MR) is 130 cm³/mol. The van der Waals surface area contributed by atoms with Crippen molar-refractivity contribution in [1.29, 1.82) is 0 Å². The van der Waals surface area contributed by atoms with Crippen LogP contribution in [0.4, 0.5) is 5.69 Å². The van der Waals surface area contributed by atoms with E-state index >= 15 is 0 Å². The van der Waals surface area contributed by atoms with Crippen molar-refractivity contribution >= 4 is 34.0 Å². The van der Waals surface area contributed by atoms with Gasteiger partial charge in [0.25, 0.3) is 15.9 Å². The fourth-order valence-corrected chi connectivity index (χ4v) is 4.02.